The number of carbonyl (C=O) groups excluding carboxylic acids is 1. The van der Waals surface area contributed by atoms with Gasteiger partial charge in [-0.2, -0.15) is 5.10 Å². The average molecular weight is 455 g/mol. The fraction of sp³-hybridized carbons (Fsp3) is 0.136. The normalized spacial score (nSPS) is 11.2. The van der Waals surface area contributed by atoms with E-state index in [2.05, 4.69) is 15.5 Å². The van der Waals surface area contributed by atoms with Crippen LogP contribution in [0.1, 0.15) is 5.69 Å². The summed E-state index contributed by atoms with van der Waals surface area (Å²) in [6.45, 7) is -0.528. The molecule has 0 aliphatic heterocycles. The Bertz CT molecular complexity index is 1190. The molecule has 166 valence electrons. The maximum atomic E-state index is 13.4. The number of benzene rings is 2. The summed E-state index contributed by atoms with van der Waals surface area (Å²) >= 11 is 0. The molecule has 32 heavy (non-hydrogen) atoms. The molecule has 3 aromatic rings. The number of rotatable bonds is 9. The predicted octanol–water partition coefficient (Wildman–Crippen LogP) is 2.44. The molecule has 1 amide bonds. The van der Waals surface area contributed by atoms with Crippen molar-refractivity contribution in [3.8, 4) is 11.5 Å². The van der Waals surface area contributed by atoms with Crippen LogP contribution in [-0.2, 0) is 14.8 Å². The first kappa shape index (κ1) is 22.8. The number of ether oxygens (including phenoxy) is 2. The van der Waals surface area contributed by atoms with Crippen LogP contribution in [0.25, 0.3) is 0 Å². The van der Waals surface area contributed by atoms with Crippen molar-refractivity contribution in [2.45, 2.75) is 4.90 Å². The van der Waals surface area contributed by atoms with Gasteiger partial charge in [0, 0.05) is 12.3 Å². The zero-order valence-electron chi connectivity index (χ0n) is 17.5. The number of carbonyl (C=O) groups is 1. The third-order valence-corrected chi connectivity index (χ3v) is 6.12. The van der Waals surface area contributed by atoms with Crippen LogP contribution in [0.2, 0.25) is 0 Å². The summed E-state index contributed by atoms with van der Waals surface area (Å²) in [5, 5.41) is 3.85. The van der Waals surface area contributed by atoms with E-state index in [9.17, 15) is 13.2 Å². The highest BCUT2D eigenvalue weighted by Crippen LogP contribution is 2.35. The standard InChI is InChI=1S/C22H22N4O5S/c1-30-18-11-12-20(21(14-18)31-2)26(32(28,29)19-9-4-3-5-10-19)16-22(27)25-24-15-17-8-6-7-13-23-17/h3-15H,16H2,1-2H3,(H,25,27)/b24-15-. The van der Waals surface area contributed by atoms with Crippen molar-refractivity contribution in [1.29, 1.82) is 0 Å². The highest BCUT2D eigenvalue weighted by atomic mass is 32.2. The lowest BCUT2D eigenvalue weighted by Crippen LogP contribution is -2.39. The van der Waals surface area contributed by atoms with Gasteiger partial charge in [0.05, 0.1) is 36.7 Å². The highest BCUT2D eigenvalue weighted by molar-refractivity contribution is 7.92. The van der Waals surface area contributed by atoms with Crippen LogP contribution in [0.15, 0.2) is 82.9 Å². The zero-order chi connectivity index (χ0) is 23.0. The third-order valence-electron chi connectivity index (χ3n) is 4.35. The van der Waals surface area contributed by atoms with E-state index in [1.165, 1.54) is 38.6 Å². The van der Waals surface area contributed by atoms with Crippen molar-refractivity contribution in [3.05, 3.63) is 78.6 Å². The molecule has 0 atom stereocenters. The number of nitrogens with zero attached hydrogens (tertiary/aromatic N) is 3. The fourth-order valence-corrected chi connectivity index (χ4v) is 4.25. The summed E-state index contributed by atoms with van der Waals surface area (Å²) in [5.74, 6) is 0.0651. The summed E-state index contributed by atoms with van der Waals surface area (Å²) in [4.78, 5) is 16.7. The molecule has 0 aliphatic rings. The molecule has 0 radical (unpaired) electrons. The lowest BCUT2D eigenvalue weighted by atomic mass is 10.2. The van der Waals surface area contributed by atoms with Crippen molar-refractivity contribution < 1.29 is 22.7 Å². The number of aromatic nitrogens is 1. The van der Waals surface area contributed by atoms with Crippen molar-refractivity contribution in [2.75, 3.05) is 25.1 Å². The van der Waals surface area contributed by atoms with Gasteiger partial charge in [0.25, 0.3) is 15.9 Å². The van der Waals surface area contributed by atoms with E-state index in [1.54, 1.807) is 54.7 Å². The minimum atomic E-state index is -4.09. The SMILES string of the molecule is COc1ccc(N(CC(=O)N/N=C\c2ccccn2)S(=O)(=O)c2ccccc2)c(OC)c1. The predicted molar refractivity (Wildman–Crippen MR) is 120 cm³/mol. The molecular formula is C22H22N4O5S. The van der Waals surface area contributed by atoms with Gasteiger partial charge in [-0.25, -0.2) is 13.8 Å². The maximum absolute atomic E-state index is 13.4. The van der Waals surface area contributed by atoms with Crippen molar-refractivity contribution in [2.24, 2.45) is 5.10 Å². The van der Waals surface area contributed by atoms with Gasteiger partial charge in [0.2, 0.25) is 0 Å². The second-order valence-corrected chi connectivity index (χ2v) is 8.27. The Kier molecular flexibility index (Phi) is 7.40. The van der Waals surface area contributed by atoms with Gasteiger partial charge in [0.1, 0.15) is 18.0 Å². The quantitative estimate of drug-likeness (QED) is 0.393. The van der Waals surface area contributed by atoms with Gasteiger partial charge >= 0.3 is 0 Å². The van der Waals surface area contributed by atoms with Gasteiger partial charge in [-0.05, 0) is 36.4 Å². The summed E-state index contributed by atoms with van der Waals surface area (Å²) in [6.07, 6.45) is 2.95. The molecule has 0 fully saturated rings. The Morgan fingerprint density at radius 2 is 1.81 bits per heavy atom. The smallest absolute Gasteiger partial charge is 0.264 e. The van der Waals surface area contributed by atoms with Crippen LogP contribution in [0.5, 0.6) is 11.5 Å². The van der Waals surface area contributed by atoms with Crippen LogP contribution in [0.4, 0.5) is 5.69 Å². The van der Waals surface area contributed by atoms with E-state index in [4.69, 9.17) is 9.47 Å². The van der Waals surface area contributed by atoms with Crippen LogP contribution >= 0.6 is 0 Å². The summed E-state index contributed by atoms with van der Waals surface area (Å²) < 4.78 is 38.3. The molecule has 0 unspecified atom stereocenters. The minimum Gasteiger partial charge on any atom is -0.497 e. The van der Waals surface area contributed by atoms with E-state index >= 15 is 0 Å². The Labute approximate surface area is 186 Å². The van der Waals surface area contributed by atoms with Crippen LogP contribution in [0, 0.1) is 0 Å². The molecule has 10 heteroatoms. The fourth-order valence-electron chi connectivity index (χ4n) is 2.80. The van der Waals surface area contributed by atoms with Crippen molar-refractivity contribution in [1.82, 2.24) is 10.4 Å². The van der Waals surface area contributed by atoms with Crippen molar-refractivity contribution >= 4 is 27.8 Å². The molecule has 2 aromatic carbocycles. The number of methoxy groups -OCH3 is 2. The highest BCUT2D eigenvalue weighted by Gasteiger charge is 2.29. The molecule has 1 aromatic heterocycles. The molecule has 0 spiro atoms. The third kappa shape index (κ3) is 5.41. The lowest BCUT2D eigenvalue weighted by molar-refractivity contribution is -0.119. The largest absolute Gasteiger partial charge is 0.497 e. The number of nitrogens with one attached hydrogen (secondary N) is 1. The minimum absolute atomic E-state index is 0.0302. The number of amides is 1. The lowest BCUT2D eigenvalue weighted by Gasteiger charge is -2.25. The van der Waals surface area contributed by atoms with E-state index in [0.29, 0.717) is 11.4 Å². The summed E-state index contributed by atoms with van der Waals surface area (Å²) in [5.41, 5.74) is 3.06. The number of anilines is 1. The molecule has 0 saturated carbocycles. The monoisotopic (exact) mass is 454 g/mol. The van der Waals surface area contributed by atoms with E-state index in [-0.39, 0.29) is 16.3 Å². The number of sulfonamides is 1. The van der Waals surface area contributed by atoms with Crippen LogP contribution < -0.4 is 19.2 Å². The molecule has 0 aliphatic carbocycles. The first-order valence-corrected chi connectivity index (χ1v) is 10.9. The van der Waals surface area contributed by atoms with E-state index in [0.717, 1.165) is 4.31 Å². The van der Waals surface area contributed by atoms with Gasteiger partial charge < -0.3 is 9.47 Å². The van der Waals surface area contributed by atoms with Gasteiger partial charge in [-0.1, -0.05) is 24.3 Å². The molecule has 1 heterocycles. The van der Waals surface area contributed by atoms with Gasteiger partial charge in [0.15, 0.2) is 0 Å². The van der Waals surface area contributed by atoms with Gasteiger partial charge in [-0.3, -0.25) is 14.1 Å². The molecular weight excluding hydrogens is 432 g/mol. The molecule has 1 N–H and O–H groups in total. The number of hydrogen-bond acceptors (Lipinski definition) is 7. The zero-order valence-corrected chi connectivity index (χ0v) is 18.3. The Balaban J connectivity index is 1.93. The van der Waals surface area contributed by atoms with Crippen LogP contribution in [-0.4, -0.2) is 46.3 Å². The van der Waals surface area contributed by atoms with E-state index < -0.39 is 22.5 Å². The first-order valence-electron chi connectivity index (χ1n) is 9.48. The Morgan fingerprint density at radius 1 is 1.06 bits per heavy atom. The number of pyridine rings is 1. The molecule has 0 bridgehead atoms. The Hall–Kier alpha value is -3.92. The Morgan fingerprint density at radius 3 is 2.47 bits per heavy atom. The summed E-state index contributed by atoms with van der Waals surface area (Å²) in [6, 6.07) is 17.7. The van der Waals surface area contributed by atoms with Crippen molar-refractivity contribution in [3.63, 3.8) is 0 Å². The number of hydrogen-bond donors (Lipinski definition) is 1. The summed E-state index contributed by atoms with van der Waals surface area (Å²) in [7, 11) is -1.20. The second kappa shape index (κ2) is 10.4. The molecule has 3 rings (SSSR count). The van der Waals surface area contributed by atoms with Gasteiger partial charge in [-0.15, -0.1) is 0 Å². The van der Waals surface area contributed by atoms with E-state index in [1.807, 2.05) is 0 Å². The van der Waals surface area contributed by atoms with Crippen LogP contribution in [0.3, 0.4) is 0 Å². The number of hydrazone groups is 1. The topological polar surface area (TPSA) is 110 Å². The first-order chi connectivity index (χ1) is 15.5. The molecule has 9 nitrogen and oxygen atoms in total. The average Bonchev–Trinajstić information content (AvgIpc) is 2.83. The molecule has 0 saturated heterocycles. The second-order valence-electron chi connectivity index (χ2n) is 6.41. The maximum Gasteiger partial charge on any atom is 0.264 e.